The van der Waals surface area contributed by atoms with Gasteiger partial charge in [-0.15, -0.1) is 0 Å². The van der Waals surface area contributed by atoms with Crippen molar-refractivity contribution in [3.8, 4) is 5.75 Å². The Morgan fingerprint density at radius 1 is 1.50 bits per heavy atom. The highest BCUT2D eigenvalue weighted by molar-refractivity contribution is 14.2. The van der Waals surface area contributed by atoms with E-state index in [0.29, 0.717) is 5.56 Å². The average molecular weight is 481 g/mol. The van der Waals surface area contributed by atoms with Gasteiger partial charge in [0.2, 0.25) is 0 Å². The zero-order chi connectivity index (χ0) is 10.7. The highest BCUT2D eigenvalue weighted by Gasteiger charge is 2.14. The number of halogens is 3. The average Bonchev–Trinajstić information content (AvgIpc) is 2.16. The molecule has 0 radical (unpaired) electrons. The summed E-state index contributed by atoms with van der Waals surface area (Å²) in [4.78, 5) is 11.6. The van der Waals surface area contributed by atoms with Gasteiger partial charge in [0.25, 0.3) is 0 Å². The van der Waals surface area contributed by atoms with Crippen LogP contribution in [-0.2, 0) is 0 Å². The van der Waals surface area contributed by atoms with Gasteiger partial charge in [0.05, 0.1) is 11.6 Å². The quantitative estimate of drug-likeness (QED) is 0.373. The molecule has 0 fully saturated rings. The van der Waals surface area contributed by atoms with E-state index in [4.69, 9.17) is 4.74 Å². The lowest BCUT2D eigenvalue weighted by molar-refractivity contribution is 0.102. The van der Waals surface area contributed by atoms with Crippen molar-refractivity contribution in [1.82, 2.24) is 0 Å². The van der Waals surface area contributed by atoms with Crippen molar-refractivity contribution in [1.29, 1.82) is 0 Å². The minimum absolute atomic E-state index is 0.0366. The van der Waals surface area contributed by atoms with Crippen LogP contribution >= 0.6 is 61.1 Å². The number of carbonyl (C=O) groups excluding carboxylic acids is 1. The van der Waals surface area contributed by atoms with Gasteiger partial charge in [0.15, 0.2) is 5.78 Å². The molecule has 0 aliphatic heterocycles. The Balaban J connectivity index is 3.03. The minimum Gasteiger partial charge on any atom is -0.496 e. The van der Waals surface area contributed by atoms with Crippen molar-refractivity contribution in [2.75, 3.05) is 7.11 Å². The van der Waals surface area contributed by atoms with Gasteiger partial charge in [-0.1, -0.05) is 45.2 Å². The molecule has 0 unspecified atom stereocenters. The van der Waals surface area contributed by atoms with Crippen LogP contribution in [0.4, 0.5) is 0 Å². The fraction of sp³-hybridized carbons (Fsp3) is 0.222. The van der Waals surface area contributed by atoms with Gasteiger partial charge in [-0.05, 0) is 34.1 Å². The van der Waals surface area contributed by atoms with Crippen LogP contribution in [0.1, 0.15) is 10.4 Å². The molecular weight excluding hydrogens is 474 g/mol. The Morgan fingerprint density at radius 3 is 2.57 bits per heavy atom. The van der Waals surface area contributed by atoms with Gasteiger partial charge in [0.1, 0.15) is 7.68 Å². The lowest BCUT2D eigenvalue weighted by Gasteiger charge is -2.06. The van der Waals surface area contributed by atoms with Gasteiger partial charge < -0.3 is 4.74 Å². The van der Waals surface area contributed by atoms with E-state index in [0.717, 1.165) is 10.2 Å². The van der Waals surface area contributed by atoms with Crippen molar-refractivity contribution in [3.05, 3.63) is 28.2 Å². The number of methoxy groups -OCH3 is 1. The summed E-state index contributed by atoms with van der Waals surface area (Å²) in [5, 5.41) is 0. The van der Waals surface area contributed by atoms with E-state index in [9.17, 15) is 4.79 Å². The van der Waals surface area contributed by atoms with E-state index < -0.39 is 0 Å². The summed E-state index contributed by atoms with van der Waals surface area (Å²) in [7, 11) is 1.60. The zero-order valence-electron chi connectivity index (χ0n) is 7.26. The molecule has 0 saturated carbocycles. The number of carbonyl (C=O) groups is 1. The maximum absolute atomic E-state index is 11.6. The van der Waals surface area contributed by atoms with Crippen LogP contribution in [0.15, 0.2) is 22.7 Å². The van der Waals surface area contributed by atoms with Gasteiger partial charge >= 0.3 is 0 Å². The van der Waals surface area contributed by atoms with Gasteiger partial charge in [-0.3, -0.25) is 4.79 Å². The third kappa shape index (κ3) is 3.06. The molecule has 0 atom stereocenters. The van der Waals surface area contributed by atoms with E-state index in [1.54, 1.807) is 25.3 Å². The highest BCUT2D eigenvalue weighted by atomic mass is 127. The fourth-order valence-corrected chi connectivity index (χ4v) is 2.21. The molecule has 0 aliphatic carbocycles. The van der Waals surface area contributed by atoms with E-state index in [2.05, 4.69) is 61.1 Å². The Morgan fingerprint density at radius 2 is 2.14 bits per heavy atom. The highest BCUT2D eigenvalue weighted by Crippen LogP contribution is 2.27. The summed E-state index contributed by atoms with van der Waals surface area (Å²) in [5.74, 6) is 0.856. The molecule has 76 valence electrons. The number of hydrogen-bond donors (Lipinski definition) is 0. The molecule has 0 bridgehead atoms. The number of rotatable bonds is 3. The number of hydrogen-bond acceptors (Lipinski definition) is 2. The Hall–Kier alpha value is 0.630. The van der Waals surface area contributed by atoms with E-state index in [1.807, 2.05) is 0 Å². The molecule has 1 aromatic rings. The molecule has 1 rings (SSSR count). The second-order valence-electron chi connectivity index (χ2n) is 2.51. The van der Waals surface area contributed by atoms with Crippen LogP contribution in [0.3, 0.4) is 0 Å². The maximum Gasteiger partial charge on any atom is 0.185 e. The lowest BCUT2D eigenvalue weighted by Crippen LogP contribution is -2.06. The lowest BCUT2D eigenvalue weighted by atomic mass is 10.1. The second-order valence-corrected chi connectivity index (χ2v) is 8.24. The Bertz CT molecular complexity index is 353. The number of alkyl halides is 2. The fourth-order valence-electron chi connectivity index (χ4n) is 0.946. The van der Waals surface area contributed by atoms with E-state index >= 15 is 0 Å². The Kier molecular flexibility index (Phi) is 5.12. The third-order valence-corrected chi connectivity index (χ3v) is 3.39. The molecule has 5 heteroatoms. The zero-order valence-corrected chi connectivity index (χ0v) is 13.2. The van der Waals surface area contributed by atoms with E-state index in [1.165, 1.54) is 0 Å². The molecule has 0 amide bonds. The predicted octanol–water partition coefficient (Wildman–Crippen LogP) is 3.84. The van der Waals surface area contributed by atoms with Crippen LogP contribution in [0.5, 0.6) is 5.75 Å². The van der Waals surface area contributed by atoms with Crippen LogP contribution in [0.2, 0.25) is 0 Å². The van der Waals surface area contributed by atoms with Crippen LogP contribution in [0, 0.1) is 0 Å². The Labute approximate surface area is 118 Å². The minimum atomic E-state index is -0.0366. The number of benzene rings is 1. The first-order valence-electron chi connectivity index (χ1n) is 3.72. The third-order valence-electron chi connectivity index (χ3n) is 1.63. The van der Waals surface area contributed by atoms with Crippen molar-refractivity contribution in [2.24, 2.45) is 0 Å². The van der Waals surface area contributed by atoms with Crippen LogP contribution in [-0.4, -0.2) is 14.8 Å². The molecule has 1 aromatic carbocycles. The topological polar surface area (TPSA) is 26.3 Å². The standard InChI is InChI=1S/C9H7BrI2O2/c1-14-7-3-2-5(4-6(7)10)8(13)9(11)12/h2-4,9H,1H3. The number of Topliss-reactive ketones (excluding diaryl/α,β-unsaturated/α-hetero) is 1. The van der Waals surface area contributed by atoms with Crippen molar-refractivity contribution in [2.45, 2.75) is 1.93 Å². The molecule has 0 saturated heterocycles. The summed E-state index contributed by atoms with van der Waals surface area (Å²) in [5.41, 5.74) is 0.700. The smallest absolute Gasteiger partial charge is 0.185 e. The van der Waals surface area contributed by atoms with Gasteiger partial charge in [-0.25, -0.2) is 0 Å². The first-order valence-corrected chi connectivity index (χ1v) is 7.00. The summed E-state index contributed by atoms with van der Waals surface area (Å²) in [6.07, 6.45) is 0. The first kappa shape index (κ1) is 12.7. The second kappa shape index (κ2) is 5.64. The SMILES string of the molecule is COc1ccc(C(=O)C(I)I)cc1Br. The number of ether oxygens (including phenoxy) is 1. The molecule has 0 heterocycles. The van der Waals surface area contributed by atoms with Crippen molar-refractivity contribution < 1.29 is 9.53 Å². The molecular formula is C9H7BrI2O2. The van der Waals surface area contributed by atoms with Crippen LogP contribution < -0.4 is 4.74 Å². The molecule has 0 aromatic heterocycles. The molecule has 0 spiro atoms. The molecule has 0 aliphatic rings. The van der Waals surface area contributed by atoms with Crippen molar-refractivity contribution >= 4 is 66.9 Å². The molecule has 14 heavy (non-hydrogen) atoms. The van der Waals surface area contributed by atoms with Gasteiger partial charge in [0, 0.05) is 5.56 Å². The maximum atomic E-state index is 11.6. The first-order chi connectivity index (χ1) is 6.56. The largest absolute Gasteiger partial charge is 0.496 e. The summed E-state index contributed by atoms with van der Waals surface area (Å²) < 4.78 is 5.85. The summed E-state index contributed by atoms with van der Waals surface area (Å²) >= 11 is 7.53. The summed E-state index contributed by atoms with van der Waals surface area (Å²) in [6, 6.07) is 5.34. The van der Waals surface area contributed by atoms with E-state index in [-0.39, 0.29) is 7.71 Å². The van der Waals surface area contributed by atoms with Crippen LogP contribution in [0.25, 0.3) is 0 Å². The van der Waals surface area contributed by atoms with Crippen molar-refractivity contribution in [3.63, 3.8) is 0 Å². The number of ketones is 1. The summed E-state index contributed by atoms with van der Waals surface area (Å²) in [6.45, 7) is 0. The van der Waals surface area contributed by atoms with Gasteiger partial charge in [-0.2, -0.15) is 0 Å². The molecule has 2 nitrogen and oxygen atoms in total. The normalized spacial score (nSPS) is 10.4. The monoisotopic (exact) mass is 480 g/mol. The molecule has 0 N–H and O–H groups in total. The predicted molar refractivity (Wildman–Crippen MR) is 76.9 cm³/mol.